The van der Waals surface area contributed by atoms with Crippen LogP contribution in [-0.2, 0) is 4.57 Å². The van der Waals surface area contributed by atoms with E-state index in [1.165, 1.54) is 0 Å². The Hall–Kier alpha value is 4.80. The van der Waals surface area contributed by atoms with Gasteiger partial charge in [-0.3, -0.25) is 0 Å². The molecule has 0 aromatic heterocycles. The zero-order valence-electron chi connectivity index (χ0n) is 11.6. The molecule has 1 atom stereocenters. The monoisotopic (exact) mass is 246 g/mol. The molecular formula is H11CaNa3O4P2. The van der Waals surface area contributed by atoms with Crippen LogP contribution in [-0.4, -0.2) is 52.4 Å². The van der Waals surface area contributed by atoms with Gasteiger partial charge in [0.2, 0.25) is 0 Å². The second kappa shape index (κ2) is 19.4. The summed E-state index contributed by atoms with van der Waals surface area (Å²) in [5.74, 6) is 0. The molecule has 0 radical (unpaired) electrons. The van der Waals surface area contributed by atoms with Gasteiger partial charge in [-0.05, 0) is 0 Å². The van der Waals surface area contributed by atoms with Crippen LogP contribution in [0, 0.1) is 0 Å². The molecular weight excluding hydrogens is 235 g/mol. The van der Waals surface area contributed by atoms with Crippen molar-refractivity contribution in [3.8, 4) is 0 Å². The second-order valence-corrected chi connectivity index (χ2v) is 1.54. The molecule has 0 aromatic rings. The molecule has 0 aromatic carbocycles. The number of hydrogen-bond donors (Lipinski definition) is 3. The van der Waals surface area contributed by atoms with Gasteiger partial charge in [-0.15, -0.1) is 0 Å². The van der Waals surface area contributed by atoms with Gasteiger partial charge in [0.1, 0.15) is 0 Å². The van der Waals surface area contributed by atoms with Gasteiger partial charge >= 0.3 is 134 Å². The van der Waals surface area contributed by atoms with Gasteiger partial charge in [-0.25, -0.2) is 4.57 Å². The van der Waals surface area contributed by atoms with E-state index in [4.69, 9.17) is 19.2 Å². The van der Waals surface area contributed by atoms with Gasteiger partial charge in [0.15, 0.2) is 0 Å². The van der Waals surface area contributed by atoms with Crippen LogP contribution in [0.15, 0.2) is 0 Å². The van der Waals surface area contributed by atoms with Gasteiger partial charge in [0.25, 0.3) is 0 Å². The molecule has 0 amide bonds. The van der Waals surface area contributed by atoms with Gasteiger partial charge in [-0.1, -0.05) is 0 Å². The van der Waals surface area contributed by atoms with Crippen molar-refractivity contribution < 1.29 is 115 Å². The Bertz CT molecular complexity index is 78.4. The van der Waals surface area contributed by atoms with Crippen molar-refractivity contribution in [1.29, 1.82) is 0 Å². The first-order chi connectivity index (χ1) is 2.00. The molecule has 50 valence electrons. The maximum absolute atomic E-state index is 8.88. The van der Waals surface area contributed by atoms with Crippen LogP contribution in [0.4, 0.5) is 0 Å². The summed E-state index contributed by atoms with van der Waals surface area (Å²) in [7, 11) is -4.64. The molecule has 0 saturated heterocycles. The van der Waals surface area contributed by atoms with Crippen LogP contribution >= 0.6 is 17.7 Å². The van der Waals surface area contributed by atoms with Crippen molar-refractivity contribution >= 4 is 55.5 Å². The summed E-state index contributed by atoms with van der Waals surface area (Å²) < 4.78 is 8.88. The fraction of sp³-hybridized carbons (Fsp3) is 0. The molecule has 0 spiro atoms. The third kappa shape index (κ3) is 77.4. The molecule has 0 aliphatic carbocycles. The maximum atomic E-state index is 8.88. The summed E-state index contributed by atoms with van der Waals surface area (Å²) in [4.78, 5) is 21.6. The Kier molecular flexibility index (Phi) is 70.6. The quantitative estimate of drug-likeness (QED) is 0.293. The minimum absolute atomic E-state index is 0. The van der Waals surface area contributed by atoms with Crippen LogP contribution < -0.4 is 88.7 Å². The van der Waals surface area contributed by atoms with E-state index in [-0.39, 0.29) is 143 Å². The van der Waals surface area contributed by atoms with Crippen LogP contribution in [0.25, 0.3) is 0 Å². The Morgan fingerprint density at radius 1 is 1.00 bits per heavy atom. The Labute approximate surface area is 167 Å². The fourth-order valence-electron chi connectivity index (χ4n) is 0. The van der Waals surface area contributed by atoms with Crippen molar-refractivity contribution in [3.63, 3.8) is 0 Å². The minimum Gasteiger partial charge on any atom is -1.00 e. The van der Waals surface area contributed by atoms with Crippen molar-refractivity contribution in [1.82, 2.24) is 0 Å². The maximum Gasteiger partial charge on any atom is 2.00 e. The molecule has 4 nitrogen and oxygen atoms in total. The van der Waals surface area contributed by atoms with E-state index in [2.05, 4.69) is 0 Å². The van der Waals surface area contributed by atoms with Crippen LogP contribution in [0.5, 0.6) is 0 Å². The summed E-state index contributed by atoms with van der Waals surface area (Å²) in [6, 6.07) is 0. The Morgan fingerprint density at radius 3 is 1.00 bits per heavy atom. The molecule has 0 saturated carbocycles. The largest absolute Gasteiger partial charge is 2.00 e. The third-order valence-electron chi connectivity index (χ3n) is 0. The molecule has 10 heteroatoms. The van der Waals surface area contributed by atoms with Gasteiger partial charge in [0.05, 0.1) is 0 Å². The molecule has 1 unspecified atom stereocenters. The van der Waals surface area contributed by atoms with Crippen molar-refractivity contribution in [2.45, 2.75) is 0 Å². The summed E-state index contributed by atoms with van der Waals surface area (Å²) >= 11 is 0. The smallest absolute Gasteiger partial charge is 1.00 e. The average Bonchev–Trinajstić information content (AvgIpc) is 0.722. The first-order valence-electron chi connectivity index (χ1n) is 0.783. The van der Waals surface area contributed by atoms with E-state index < -0.39 is 7.82 Å². The van der Waals surface area contributed by atoms with Gasteiger partial charge in [0, 0.05) is 0 Å². The Morgan fingerprint density at radius 2 is 1.00 bits per heavy atom. The zero-order chi connectivity index (χ0) is 4.50. The van der Waals surface area contributed by atoms with Crippen molar-refractivity contribution in [2.24, 2.45) is 0 Å². The summed E-state index contributed by atoms with van der Waals surface area (Å²) in [5.41, 5.74) is 0. The molecule has 0 bridgehead atoms. The molecule has 0 aliphatic rings. The second-order valence-electron chi connectivity index (χ2n) is 0.513. The van der Waals surface area contributed by atoms with E-state index in [1.807, 2.05) is 0 Å². The van der Waals surface area contributed by atoms with Crippen LogP contribution in [0.1, 0.15) is 7.13 Å². The SMILES string of the molecule is O=P(O)(O)O.P.[Ca+2].[H-].[H-].[H-].[H-].[H-].[Na+].[Na+].[Na+]. The average molecular weight is 246 g/mol. The van der Waals surface area contributed by atoms with Gasteiger partial charge < -0.3 is 21.8 Å². The molecule has 0 heterocycles. The number of phosphoric acid groups is 1. The standard InChI is InChI=1S/Ca.3Na.H3O4P.H3P.5H/c;;;;1-5(2,3)4;;;;;;/h;;;;(H3,1,2,3,4);1H3;;;;;/q+2;3*+1;;;5*-1. The van der Waals surface area contributed by atoms with E-state index in [1.54, 1.807) is 0 Å². The first-order valence-corrected chi connectivity index (χ1v) is 2.35. The number of rotatable bonds is 0. The van der Waals surface area contributed by atoms with E-state index in [0.717, 1.165) is 0 Å². The topological polar surface area (TPSA) is 77.8 Å². The van der Waals surface area contributed by atoms with Gasteiger partial charge in [-0.2, -0.15) is 9.90 Å². The Balaban J connectivity index is -0.00000000178. The predicted molar refractivity (Wildman–Crippen MR) is 36.7 cm³/mol. The first kappa shape index (κ1) is 36.4. The number of hydrogen-bond acceptors (Lipinski definition) is 1. The summed E-state index contributed by atoms with van der Waals surface area (Å²) in [5, 5.41) is 0. The minimum atomic E-state index is -4.64. The molecule has 0 fully saturated rings. The van der Waals surface area contributed by atoms with E-state index in [9.17, 15) is 0 Å². The zero-order valence-corrected chi connectivity index (χ0v) is 17.1. The van der Waals surface area contributed by atoms with Crippen molar-refractivity contribution in [3.05, 3.63) is 0 Å². The van der Waals surface area contributed by atoms with E-state index in [0.29, 0.717) is 0 Å². The van der Waals surface area contributed by atoms with Crippen LogP contribution in [0.3, 0.4) is 0 Å². The third-order valence-corrected chi connectivity index (χ3v) is 0. The van der Waals surface area contributed by atoms with Crippen molar-refractivity contribution in [2.75, 3.05) is 0 Å². The van der Waals surface area contributed by atoms with E-state index >= 15 is 0 Å². The normalized spacial score (nSPS) is 5.90. The summed E-state index contributed by atoms with van der Waals surface area (Å²) in [6.07, 6.45) is 0. The molecule has 0 rings (SSSR count). The predicted octanol–water partition coefficient (Wildman–Crippen LogP) is -9.68. The molecule has 3 N–H and O–H groups in total. The fourth-order valence-corrected chi connectivity index (χ4v) is 0. The molecule has 10 heavy (non-hydrogen) atoms. The van der Waals surface area contributed by atoms with Crippen LogP contribution in [0.2, 0.25) is 0 Å². The summed E-state index contributed by atoms with van der Waals surface area (Å²) in [6.45, 7) is 0. The molecule has 0 aliphatic heterocycles.